The van der Waals surface area contributed by atoms with Gasteiger partial charge in [-0.2, -0.15) is 0 Å². The van der Waals surface area contributed by atoms with Gasteiger partial charge in [-0.3, -0.25) is 9.69 Å². The van der Waals surface area contributed by atoms with Crippen LogP contribution in [0.3, 0.4) is 0 Å². The van der Waals surface area contributed by atoms with Gasteiger partial charge in [0.2, 0.25) is 0 Å². The zero-order valence-electron chi connectivity index (χ0n) is 12.0. The lowest BCUT2D eigenvalue weighted by atomic mass is 10.2. The maximum atomic E-state index is 11.8. The second-order valence-corrected chi connectivity index (χ2v) is 7.15. The fourth-order valence-electron chi connectivity index (χ4n) is 2.06. The van der Waals surface area contributed by atoms with Gasteiger partial charge in [-0.15, -0.1) is 11.3 Å². The molecule has 1 aromatic heterocycles. The van der Waals surface area contributed by atoms with Gasteiger partial charge in [-0.25, -0.2) is 0 Å². The van der Waals surface area contributed by atoms with Gasteiger partial charge >= 0.3 is 5.97 Å². The van der Waals surface area contributed by atoms with Gasteiger partial charge in [-0.1, -0.05) is 6.07 Å². The maximum absolute atomic E-state index is 11.8. The molecule has 0 aliphatic heterocycles. The quantitative estimate of drug-likeness (QED) is 0.748. The Kier molecular flexibility index (Phi) is 4.63. The van der Waals surface area contributed by atoms with Gasteiger partial charge in [0, 0.05) is 24.0 Å². The Hall–Kier alpha value is -0.870. The standard InChI is InChI=1S/C15H23NO2S/c1-15(2,3)18-14(17)8-9-16(12-6-7-12)11-13-5-4-10-19-13/h4-5,10,12H,6-9,11H2,1-3H3. The van der Waals surface area contributed by atoms with Crippen LogP contribution in [-0.2, 0) is 16.1 Å². The molecule has 1 saturated carbocycles. The molecule has 1 fully saturated rings. The van der Waals surface area contributed by atoms with E-state index in [1.807, 2.05) is 20.8 Å². The monoisotopic (exact) mass is 281 g/mol. The molecule has 3 nitrogen and oxygen atoms in total. The van der Waals surface area contributed by atoms with Crippen LogP contribution in [0.2, 0.25) is 0 Å². The van der Waals surface area contributed by atoms with E-state index >= 15 is 0 Å². The van der Waals surface area contributed by atoms with Crippen molar-refractivity contribution in [3.05, 3.63) is 22.4 Å². The van der Waals surface area contributed by atoms with Crippen LogP contribution >= 0.6 is 11.3 Å². The summed E-state index contributed by atoms with van der Waals surface area (Å²) in [6.45, 7) is 7.50. The SMILES string of the molecule is CC(C)(C)OC(=O)CCN(Cc1cccs1)C1CC1. The Bertz CT molecular complexity index is 404. The molecule has 0 bridgehead atoms. The van der Waals surface area contributed by atoms with Gasteiger partial charge < -0.3 is 4.74 Å². The van der Waals surface area contributed by atoms with Crippen LogP contribution < -0.4 is 0 Å². The smallest absolute Gasteiger partial charge is 0.307 e. The normalized spacial score (nSPS) is 15.8. The van der Waals surface area contributed by atoms with Crippen molar-refractivity contribution in [3.63, 3.8) is 0 Å². The Morgan fingerprint density at radius 3 is 2.74 bits per heavy atom. The van der Waals surface area contributed by atoms with E-state index in [1.165, 1.54) is 17.7 Å². The lowest BCUT2D eigenvalue weighted by molar-refractivity contribution is -0.155. The summed E-state index contributed by atoms with van der Waals surface area (Å²) in [5.74, 6) is -0.0932. The molecule has 106 valence electrons. The zero-order valence-corrected chi connectivity index (χ0v) is 12.8. The first kappa shape index (κ1) is 14.5. The molecule has 19 heavy (non-hydrogen) atoms. The van der Waals surface area contributed by atoms with Crippen LogP contribution in [0, 0.1) is 0 Å². The van der Waals surface area contributed by atoms with Gasteiger partial charge in [0.05, 0.1) is 6.42 Å². The van der Waals surface area contributed by atoms with Crippen molar-refractivity contribution >= 4 is 17.3 Å². The summed E-state index contributed by atoms with van der Waals surface area (Å²) in [6.07, 6.45) is 3.01. The van der Waals surface area contributed by atoms with Crippen LogP contribution in [-0.4, -0.2) is 29.1 Å². The number of rotatable bonds is 6. The summed E-state index contributed by atoms with van der Waals surface area (Å²) in [4.78, 5) is 15.5. The van der Waals surface area contributed by atoms with Crippen LogP contribution in [0.5, 0.6) is 0 Å². The molecule has 0 N–H and O–H groups in total. The van der Waals surface area contributed by atoms with E-state index in [-0.39, 0.29) is 11.6 Å². The molecule has 1 heterocycles. The minimum Gasteiger partial charge on any atom is -0.460 e. The van der Waals surface area contributed by atoms with Gasteiger partial charge in [0.25, 0.3) is 0 Å². The Morgan fingerprint density at radius 1 is 1.47 bits per heavy atom. The van der Waals surface area contributed by atoms with E-state index in [4.69, 9.17) is 4.74 Å². The highest BCUT2D eigenvalue weighted by Gasteiger charge is 2.29. The second kappa shape index (κ2) is 6.06. The fourth-order valence-corrected chi connectivity index (χ4v) is 2.79. The Balaban J connectivity index is 1.79. The molecular weight excluding hydrogens is 258 g/mol. The molecule has 0 amide bonds. The summed E-state index contributed by atoms with van der Waals surface area (Å²) in [7, 11) is 0. The van der Waals surface area contributed by atoms with E-state index in [9.17, 15) is 4.79 Å². The third kappa shape index (κ3) is 5.33. The topological polar surface area (TPSA) is 29.5 Å². The summed E-state index contributed by atoms with van der Waals surface area (Å²) < 4.78 is 5.36. The number of carbonyl (C=O) groups excluding carboxylic acids is 1. The van der Waals surface area contributed by atoms with Crippen LogP contribution in [0.15, 0.2) is 17.5 Å². The highest BCUT2D eigenvalue weighted by atomic mass is 32.1. The minimum absolute atomic E-state index is 0.0932. The second-order valence-electron chi connectivity index (χ2n) is 6.12. The zero-order chi connectivity index (χ0) is 13.9. The van der Waals surface area contributed by atoms with Gasteiger partial charge in [-0.05, 0) is 45.1 Å². The first-order chi connectivity index (χ1) is 8.94. The van der Waals surface area contributed by atoms with E-state index in [2.05, 4.69) is 22.4 Å². The molecule has 0 radical (unpaired) electrons. The van der Waals surface area contributed by atoms with E-state index < -0.39 is 0 Å². The van der Waals surface area contributed by atoms with Crippen molar-refractivity contribution in [1.29, 1.82) is 0 Å². The molecular formula is C15H23NO2S. The first-order valence-electron chi connectivity index (χ1n) is 6.92. The van der Waals surface area contributed by atoms with Crippen molar-refractivity contribution in [2.45, 2.75) is 58.2 Å². The average molecular weight is 281 g/mol. The lowest BCUT2D eigenvalue weighted by Gasteiger charge is -2.23. The molecule has 1 aliphatic carbocycles. The summed E-state index contributed by atoms with van der Waals surface area (Å²) in [5.41, 5.74) is -0.380. The number of thiophene rings is 1. The summed E-state index contributed by atoms with van der Waals surface area (Å²) in [5, 5.41) is 2.11. The number of carbonyl (C=O) groups is 1. The van der Waals surface area contributed by atoms with Crippen molar-refractivity contribution in [2.75, 3.05) is 6.54 Å². The van der Waals surface area contributed by atoms with E-state index in [0.717, 1.165) is 13.1 Å². The third-order valence-corrected chi connectivity index (χ3v) is 3.89. The van der Waals surface area contributed by atoms with E-state index in [1.54, 1.807) is 11.3 Å². The van der Waals surface area contributed by atoms with Crippen molar-refractivity contribution in [3.8, 4) is 0 Å². The molecule has 2 rings (SSSR count). The molecule has 0 spiro atoms. The number of esters is 1. The highest BCUT2D eigenvalue weighted by Crippen LogP contribution is 2.29. The fraction of sp³-hybridized carbons (Fsp3) is 0.667. The maximum Gasteiger partial charge on any atom is 0.307 e. The van der Waals surface area contributed by atoms with Crippen LogP contribution in [0.25, 0.3) is 0 Å². The van der Waals surface area contributed by atoms with Crippen molar-refractivity contribution in [1.82, 2.24) is 4.90 Å². The Morgan fingerprint density at radius 2 is 2.21 bits per heavy atom. The predicted molar refractivity (Wildman–Crippen MR) is 78.2 cm³/mol. The number of ether oxygens (including phenoxy) is 1. The Labute approximate surface area is 119 Å². The minimum atomic E-state index is -0.380. The third-order valence-electron chi connectivity index (χ3n) is 3.03. The van der Waals surface area contributed by atoms with Crippen molar-refractivity contribution < 1.29 is 9.53 Å². The largest absolute Gasteiger partial charge is 0.460 e. The van der Waals surface area contributed by atoms with Crippen molar-refractivity contribution in [2.24, 2.45) is 0 Å². The molecule has 0 aromatic carbocycles. The first-order valence-corrected chi connectivity index (χ1v) is 7.80. The summed E-state index contributed by atoms with van der Waals surface area (Å²) in [6, 6.07) is 4.91. The molecule has 0 unspecified atom stereocenters. The highest BCUT2D eigenvalue weighted by molar-refractivity contribution is 7.09. The summed E-state index contributed by atoms with van der Waals surface area (Å²) >= 11 is 1.78. The van der Waals surface area contributed by atoms with Gasteiger partial charge in [0.15, 0.2) is 0 Å². The van der Waals surface area contributed by atoms with Crippen LogP contribution in [0.1, 0.15) is 44.9 Å². The lowest BCUT2D eigenvalue weighted by Crippen LogP contribution is -2.30. The van der Waals surface area contributed by atoms with E-state index in [0.29, 0.717) is 12.5 Å². The molecule has 1 aromatic rings. The van der Waals surface area contributed by atoms with Crippen LogP contribution in [0.4, 0.5) is 0 Å². The predicted octanol–water partition coefficient (Wildman–Crippen LogP) is 3.44. The molecule has 0 atom stereocenters. The average Bonchev–Trinajstić information content (AvgIpc) is 3.00. The van der Waals surface area contributed by atoms with Gasteiger partial charge in [0.1, 0.15) is 5.60 Å². The number of hydrogen-bond donors (Lipinski definition) is 0. The number of hydrogen-bond acceptors (Lipinski definition) is 4. The molecule has 0 saturated heterocycles. The molecule has 4 heteroatoms. The molecule has 1 aliphatic rings. The number of nitrogens with zero attached hydrogens (tertiary/aromatic N) is 1.